The first-order chi connectivity index (χ1) is 14.4. The Balaban J connectivity index is 1.96. The van der Waals surface area contributed by atoms with E-state index in [0.29, 0.717) is 28.3 Å². The fraction of sp³-hybridized carbons (Fsp3) is 0.174. The predicted molar refractivity (Wildman–Crippen MR) is 116 cm³/mol. The normalized spacial score (nSPS) is 17.3. The number of carbonyl (C=O) groups excluding carboxylic acids is 1. The molecule has 1 heterocycles. The number of fused-ring (bicyclic) bond motifs is 1. The van der Waals surface area contributed by atoms with Gasteiger partial charge < -0.3 is 21.5 Å². The van der Waals surface area contributed by atoms with Crippen molar-refractivity contribution in [3.8, 4) is 16.9 Å². The van der Waals surface area contributed by atoms with Crippen molar-refractivity contribution >= 4 is 23.2 Å². The van der Waals surface area contributed by atoms with Crippen molar-refractivity contribution in [3.05, 3.63) is 82.1 Å². The van der Waals surface area contributed by atoms with Crippen molar-refractivity contribution < 1.29 is 13.9 Å². The van der Waals surface area contributed by atoms with E-state index in [1.807, 2.05) is 30.3 Å². The third kappa shape index (κ3) is 3.09. The molecule has 3 aromatic rings. The van der Waals surface area contributed by atoms with E-state index >= 15 is 4.39 Å². The quantitative estimate of drug-likeness (QED) is 0.574. The molecule has 0 spiro atoms. The molecule has 0 aliphatic carbocycles. The summed E-state index contributed by atoms with van der Waals surface area (Å²) in [6.45, 7) is 0.213. The largest absolute Gasteiger partial charge is 0.481 e. The number of carbonyl (C=O) groups is 1. The number of ether oxygens (including phenoxy) is 1. The standard InChI is InChI=1S/C23H21ClFN3O2/c1-28-17-9-7-14(22(27)29)20(21(17)25)19-15-11-23(12-26,13-5-3-2-4-6-13)30-18(15)10-8-16(19)24/h2-10,28H,11-12,26H2,1H3,(H2,27,29)/t23-/m1/s1. The lowest BCUT2D eigenvalue weighted by Crippen LogP contribution is -2.39. The van der Waals surface area contributed by atoms with Crippen LogP contribution in [0.1, 0.15) is 21.5 Å². The molecule has 4 rings (SSSR count). The molecule has 0 bridgehead atoms. The molecule has 1 atom stereocenters. The predicted octanol–water partition coefficient (Wildman–Crippen LogP) is 4.08. The van der Waals surface area contributed by atoms with Crippen LogP contribution in [-0.4, -0.2) is 19.5 Å². The summed E-state index contributed by atoms with van der Waals surface area (Å²) in [5.74, 6) is -0.797. The maximum atomic E-state index is 15.4. The summed E-state index contributed by atoms with van der Waals surface area (Å²) in [5.41, 5.74) is 13.2. The molecule has 30 heavy (non-hydrogen) atoms. The number of benzene rings is 3. The first kappa shape index (κ1) is 20.2. The molecular weight excluding hydrogens is 405 g/mol. The summed E-state index contributed by atoms with van der Waals surface area (Å²) in [6, 6.07) is 16.0. The smallest absolute Gasteiger partial charge is 0.249 e. The lowest BCUT2D eigenvalue weighted by Gasteiger charge is -2.27. The van der Waals surface area contributed by atoms with E-state index in [-0.39, 0.29) is 23.4 Å². The van der Waals surface area contributed by atoms with Crippen molar-refractivity contribution in [1.82, 2.24) is 0 Å². The Kier molecular flexibility index (Phi) is 5.13. The van der Waals surface area contributed by atoms with Crippen molar-refractivity contribution in [3.63, 3.8) is 0 Å². The molecule has 0 aromatic heterocycles. The molecule has 0 saturated carbocycles. The van der Waals surface area contributed by atoms with Gasteiger partial charge in [-0.15, -0.1) is 0 Å². The van der Waals surface area contributed by atoms with E-state index in [2.05, 4.69) is 5.32 Å². The molecule has 154 valence electrons. The van der Waals surface area contributed by atoms with Gasteiger partial charge in [-0.2, -0.15) is 0 Å². The Morgan fingerprint density at radius 2 is 1.90 bits per heavy atom. The van der Waals surface area contributed by atoms with Crippen LogP contribution < -0.4 is 21.5 Å². The second-order valence-electron chi connectivity index (χ2n) is 7.21. The van der Waals surface area contributed by atoms with Gasteiger partial charge in [-0.1, -0.05) is 41.9 Å². The zero-order chi connectivity index (χ0) is 21.5. The molecule has 0 radical (unpaired) electrons. The van der Waals surface area contributed by atoms with Gasteiger partial charge >= 0.3 is 0 Å². The minimum atomic E-state index is -0.812. The van der Waals surface area contributed by atoms with Crippen LogP contribution in [0.2, 0.25) is 5.02 Å². The summed E-state index contributed by atoms with van der Waals surface area (Å²) >= 11 is 6.54. The highest BCUT2D eigenvalue weighted by Crippen LogP contribution is 2.49. The van der Waals surface area contributed by atoms with Gasteiger partial charge in [0.2, 0.25) is 5.91 Å². The Hall–Kier alpha value is -3.09. The van der Waals surface area contributed by atoms with Gasteiger partial charge in [0, 0.05) is 41.7 Å². The Bertz CT molecular complexity index is 1140. The Morgan fingerprint density at radius 3 is 2.53 bits per heavy atom. The number of rotatable bonds is 5. The van der Waals surface area contributed by atoms with E-state index in [0.717, 1.165) is 5.56 Å². The lowest BCUT2D eigenvalue weighted by atomic mass is 9.85. The number of primary amides is 1. The fourth-order valence-electron chi connectivity index (χ4n) is 4.03. The van der Waals surface area contributed by atoms with Crippen molar-refractivity contribution in [2.24, 2.45) is 11.5 Å². The molecule has 1 amide bonds. The summed E-state index contributed by atoms with van der Waals surface area (Å²) in [4.78, 5) is 12.1. The van der Waals surface area contributed by atoms with Gasteiger partial charge in [0.1, 0.15) is 5.75 Å². The average molecular weight is 426 g/mol. The van der Waals surface area contributed by atoms with E-state index in [1.165, 1.54) is 12.1 Å². The summed E-state index contributed by atoms with van der Waals surface area (Å²) in [5, 5.41) is 3.09. The van der Waals surface area contributed by atoms with Crippen LogP contribution in [0.3, 0.4) is 0 Å². The van der Waals surface area contributed by atoms with Crippen molar-refractivity contribution in [1.29, 1.82) is 0 Å². The second-order valence-corrected chi connectivity index (χ2v) is 7.61. The van der Waals surface area contributed by atoms with E-state index in [9.17, 15) is 4.79 Å². The molecule has 3 aromatic carbocycles. The summed E-state index contributed by atoms with van der Waals surface area (Å²) < 4.78 is 21.7. The van der Waals surface area contributed by atoms with Crippen LogP contribution in [0.4, 0.5) is 10.1 Å². The summed E-state index contributed by atoms with van der Waals surface area (Å²) in [6.07, 6.45) is 0.375. The minimum absolute atomic E-state index is 0.0479. The Labute approximate surface area is 178 Å². The number of halogens is 2. The zero-order valence-electron chi connectivity index (χ0n) is 16.3. The van der Waals surface area contributed by atoms with Crippen LogP contribution in [0.15, 0.2) is 54.6 Å². The number of anilines is 1. The molecule has 0 saturated heterocycles. The van der Waals surface area contributed by atoms with Gasteiger partial charge in [-0.25, -0.2) is 4.39 Å². The molecule has 1 aliphatic rings. The summed E-state index contributed by atoms with van der Waals surface area (Å²) in [7, 11) is 1.60. The van der Waals surface area contributed by atoms with Gasteiger partial charge in [0.15, 0.2) is 11.4 Å². The van der Waals surface area contributed by atoms with Gasteiger partial charge in [0.25, 0.3) is 0 Å². The van der Waals surface area contributed by atoms with Gasteiger partial charge in [0.05, 0.1) is 11.3 Å². The third-order valence-electron chi connectivity index (χ3n) is 5.54. The molecular formula is C23H21ClFN3O2. The fourth-order valence-corrected chi connectivity index (χ4v) is 4.30. The van der Waals surface area contributed by atoms with Gasteiger partial charge in [-0.05, 0) is 29.8 Å². The highest BCUT2D eigenvalue weighted by molar-refractivity contribution is 6.34. The number of hydrogen-bond acceptors (Lipinski definition) is 4. The van der Waals surface area contributed by atoms with Crippen LogP contribution in [0.5, 0.6) is 5.75 Å². The monoisotopic (exact) mass is 425 g/mol. The molecule has 0 unspecified atom stereocenters. The van der Waals surface area contributed by atoms with Crippen LogP contribution >= 0.6 is 11.6 Å². The average Bonchev–Trinajstić information content (AvgIpc) is 3.15. The molecule has 0 fully saturated rings. The first-order valence-corrected chi connectivity index (χ1v) is 9.86. The maximum absolute atomic E-state index is 15.4. The highest BCUT2D eigenvalue weighted by atomic mass is 35.5. The van der Waals surface area contributed by atoms with Crippen molar-refractivity contribution in [2.45, 2.75) is 12.0 Å². The molecule has 1 aliphatic heterocycles. The topological polar surface area (TPSA) is 90.4 Å². The highest BCUT2D eigenvalue weighted by Gasteiger charge is 2.42. The second kappa shape index (κ2) is 7.63. The van der Waals surface area contributed by atoms with Crippen LogP contribution in [0, 0.1) is 5.82 Å². The van der Waals surface area contributed by atoms with E-state index in [1.54, 1.807) is 19.2 Å². The molecule has 5 N–H and O–H groups in total. The van der Waals surface area contributed by atoms with Crippen LogP contribution in [-0.2, 0) is 12.0 Å². The zero-order valence-corrected chi connectivity index (χ0v) is 17.1. The molecule has 5 nitrogen and oxygen atoms in total. The Morgan fingerprint density at radius 1 is 1.17 bits per heavy atom. The number of nitrogens with two attached hydrogens (primary N) is 2. The van der Waals surface area contributed by atoms with E-state index < -0.39 is 17.3 Å². The number of nitrogens with one attached hydrogen (secondary N) is 1. The lowest BCUT2D eigenvalue weighted by molar-refractivity contribution is 0.1000. The first-order valence-electron chi connectivity index (χ1n) is 9.48. The number of amides is 1. The maximum Gasteiger partial charge on any atom is 0.249 e. The minimum Gasteiger partial charge on any atom is -0.481 e. The third-order valence-corrected chi connectivity index (χ3v) is 5.86. The van der Waals surface area contributed by atoms with E-state index in [4.69, 9.17) is 27.8 Å². The molecule has 7 heteroatoms. The number of hydrogen-bond donors (Lipinski definition) is 3. The van der Waals surface area contributed by atoms with Crippen molar-refractivity contribution in [2.75, 3.05) is 18.9 Å². The van der Waals surface area contributed by atoms with Gasteiger partial charge in [-0.3, -0.25) is 4.79 Å². The SMILES string of the molecule is CNc1ccc(C(N)=O)c(-c2c(Cl)ccc3c2C[C@@](CN)(c2ccccc2)O3)c1F. The van der Waals surface area contributed by atoms with Crippen LogP contribution in [0.25, 0.3) is 11.1 Å².